The Hall–Kier alpha value is -0.790. The fraction of sp³-hybridized carbons (Fsp3) is 0.833. The fourth-order valence-electron chi connectivity index (χ4n) is 2.00. The number of hydrogen-bond acceptors (Lipinski definition) is 2. The molecule has 0 rings (SSSR count). The smallest absolute Gasteiger partial charge is 0.306 e. The molecule has 0 saturated heterocycles. The zero-order chi connectivity index (χ0) is 15.1. The number of ether oxygens (including phenoxy) is 1. The van der Waals surface area contributed by atoms with Gasteiger partial charge in [-0.2, -0.15) is 0 Å². The van der Waals surface area contributed by atoms with E-state index in [1.165, 1.54) is 38.5 Å². The molecular weight excluding hydrogens is 248 g/mol. The Morgan fingerprint density at radius 3 is 2.10 bits per heavy atom. The van der Waals surface area contributed by atoms with Gasteiger partial charge in [-0.05, 0) is 45.4 Å². The van der Waals surface area contributed by atoms with Crippen LogP contribution < -0.4 is 0 Å². The van der Waals surface area contributed by atoms with Crippen molar-refractivity contribution in [1.29, 1.82) is 0 Å². The first-order valence-electron chi connectivity index (χ1n) is 8.55. The molecule has 0 aromatic carbocycles. The van der Waals surface area contributed by atoms with Gasteiger partial charge in [0, 0.05) is 6.42 Å². The minimum Gasteiger partial charge on any atom is -0.463 e. The summed E-state index contributed by atoms with van der Waals surface area (Å²) in [4.78, 5) is 11.4. The Morgan fingerprint density at radius 2 is 1.55 bits per heavy atom. The molecule has 0 fully saturated rings. The molecule has 1 unspecified atom stereocenters. The number of carbonyl (C=O) groups excluding carboxylic acids is 1. The van der Waals surface area contributed by atoms with E-state index >= 15 is 0 Å². The molecule has 0 N–H and O–H groups in total. The molecule has 2 nitrogen and oxygen atoms in total. The van der Waals surface area contributed by atoms with Crippen molar-refractivity contribution in [1.82, 2.24) is 0 Å². The lowest BCUT2D eigenvalue weighted by atomic mass is 10.1. The van der Waals surface area contributed by atoms with Crippen LogP contribution in [-0.2, 0) is 9.53 Å². The lowest BCUT2D eigenvalue weighted by Gasteiger charge is -2.10. The van der Waals surface area contributed by atoms with E-state index in [0.717, 1.165) is 25.7 Å². The zero-order valence-corrected chi connectivity index (χ0v) is 13.8. The van der Waals surface area contributed by atoms with Crippen LogP contribution in [0.1, 0.15) is 91.4 Å². The van der Waals surface area contributed by atoms with E-state index in [1.807, 2.05) is 13.8 Å². The van der Waals surface area contributed by atoms with E-state index in [-0.39, 0.29) is 12.1 Å². The average molecular weight is 282 g/mol. The largest absolute Gasteiger partial charge is 0.463 e. The summed E-state index contributed by atoms with van der Waals surface area (Å²) in [6.45, 7) is 6.23. The van der Waals surface area contributed by atoms with Crippen LogP contribution in [0, 0.1) is 0 Å². The maximum Gasteiger partial charge on any atom is 0.306 e. The van der Waals surface area contributed by atoms with Gasteiger partial charge in [0.05, 0.1) is 6.10 Å². The van der Waals surface area contributed by atoms with Gasteiger partial charge in [0.2, 0.25) is 0 Å². The van der Waals surface area contributed by atoms with E-state index in [9.17, 15) is 4.79 Å². The van der Waals surface area contributed by atoms with Crippen LogP contribution in [0.2, 0.25) is 0 Å². The van der Waals surface area contributed by atoms with Crippen LogP contribution in [0.5, 0.6) is 0 Å². The first-order valence-corrected chi connectivity index (χ1v) is 8.55. The Balaban J connectivity index is 3.27. The van der Waals surface area contributed by atoms with E-state index in [0.29, 0.717) is 6.42 Å². The first-order chi connectivity index (χ1) is 9.70. The molecule has 2 heteroatoms. The normalized spacial score (nSPS) is 12.8. The Bertz CT molecular complexity index is 246. The van der Waals surface area contributed by atoms with Gasteiger partial charge in [-0.25, -0.2) is 0 Å². The summed E-state index contributed by atoms with van der Waals surface area (Å²) in [5, 5.41) is 0. The van der Waals surface area contributed by atoms with Crippen molar-refractivity contribution in [3.8, 4) is 0 Å². The second kappa shape index (κ2) is 14.6. The SMILES string of the molecule is CCCCCC/C=C/CCCCCC(=O)OC(C)CC. The van der Waals surface area contributed by atoms with Crippen molar-refractivity contribution >= 4 is 5.97 Å². The summed E-state index contributed by atoms with van der Waals surface area (Å²) in [6, 6.07) is 0. The number of rotatable bonds is 13. The summed E-state index contributed by atoms with van der Waals surface area (Å²) < 4.78 is 5.24. The predicted molar refractivity (Wildman–Crippen MR) is 86.8 cm³/mol. The summed E-state index contributed by atoms with van der Waals surface area (Å²) >= 11 is 0. The van der Waals surface area contributed by atoms with Crippen LogP contribution in [0.4, 0.5) is 0 Å². The highest BCUT2D eigenvalue weighted by atomic mass is 16.5. The Labute approximate surface area is 126 Å². The van der Waals surface area contributed by atoms with E-state index in [2.05, 4.69) is 19.1 Å². The molecule has 0 spiro atoms. The first kappa shape index (κ1) is 19.2. The van der Waals surface area contributed by atoms with Crippen molar-refractivity contribution < 1.29 is 9.53 Å². The number of carbonyl (C=O) groups is 1. The van der Waals surface area contributed by atoms with Gasteiger partial charge in [-0.3, -0.25) is 4.79 Å². The summed E-state index contributed by atoms with van der Waals surface area (Å²) in [6.07, 6.45) is 17.1. The second-order valence-electron chi connectivity index (χ2n) is 5.63. The molecule has 0 aliphatic carbocycles. The van der Waals surface area contributed by atoms with Gasteiger partial charge in [-0.1, -0.05) is 51.7 Å². The van der Waals surface area contributed by atoms with Gasteiger partial charge in [0.1, 0.15) is 0 Å². The molecule has 0 aliphatic rings. The second-order valence-corrected chi connectivity index (χ2v) is 5.63. The number of allylic oxidation sites excluding steroid dienone is 2. The maximum atomic E-state index is 11.4. The number of unbranched alkanes of at least 4 members (excludes halogenated alkanes) is 7. The van der Waals surface area contributed by atoms with Crippen molar-refractivity contribution in [2.24, 2.45) is 0 Å². The molecule has 0 bridgehead atoms. The molecule has 0 aromatic heterocycles. The van der Waals surface area contributed by atoms with Gasteiger partial charge < -0.3 is 4.74 Å². The summed E-state index contributed by atoms with van der Waals surface area (Å²) in [7, 11) is 0. The topological polar surface area (TPSA) is 26.3 Å². The highest BCUT2D eigenvalue weighted by Gasteiger charge is 2.06. The third-order valence-electron chi connectivity index (χ3n) is 3.55. The van der Waals surface area contributed by atoms with Crippen LogP contribution in [0.25, 0.3) is 0 Å². The fourth-order valence-corrected chi connectivity index (χ4v) is 2.00. The molecule has 0 aliphatic heterocycles. The predicted octanol–water partition coefficient (Wildman–Crippen LogP) is 5.81. The number of esters is 1. The van der Waals surface area contributed by atoms with Crippen LogP contribution in [0.3, 0.4) is 0 Å². The van der Waals surface area contributed by atoms with Crippen molar-refractivity contribution in [2.45, 2.75) is 97.5 Å². The van der Waals surface area contributed by atoms with Gasteiger partial charge in [-0.15, -0.1) is 0 Å². The van der Waals surface area contributed by atoms with Crippen LogP contribution >= 0.6 is 0 Å². The molecule has 0 radical (unpaired) electrons. The third-order valence-corrected chi connectivity index (χ3v) is 3.55. The van der Waals surface area contributed by atoms with Gasteiger partial charge in [0.15, 0.2) is 0 Å². The molecular formula is C18H34O2. The Kier molecular flexibility index (Phi) is 14.0. The molecule has 1 atom stereocenters. The Morgan fingerprint density at radius 1 is 0.950 bits per heavy atom. The minimum absolute atomic E-state index is 0.0363. The molecule has 118 valence electrons. The molecule has 0 saturated carbocycles. The standard InChI is InChI=1S/C18H34O2/c1-4-6-7-8-9-10-11-12-13-14-15-16-18(19)20-17(3)5-2/h10-11,17H,4-9,12-16H2,1-3H3/b11-10+. The maximum absolute atomic E-state index is 11.4. The quantitative estimate of drug-likeness (QED) is 0.242. The van der Waals surface area contributed by atoms with Crippen molar-refractivity contribution in [2.75, 3.05) is 0 Å². The van der Waals surface area contributed by atoms with Crippen LogP contribution in [-0.4, -0.2) is 12.1 Å². The van der Waals surface area contributed by atoms with Crippen LogP contribution in [0.15, 0.2) is 12.2 Å². The van der Waals surface area contributed by atoms with Crippen molar-refractivity contribution in [3.05, 3.63) is 12.2 Å². The summed E-state index contributed by atoms with van der Waals surface area (Å²) in [5.74, 6) is -0.0363. The lowest BCUT2D eigenvalue weighted by Crippen LogP contribution is -2.13. The molecule has 0 amide bonds. The van der Waals surface area contributed by atoms with Gasteiger partial charge in [0.25, 0.3) is 0 Å². The van der Waals surface area contributed by atoms with E-state index < -0.39 is 0 Å². The third kappa shape index (κ3) is 13.6. The minimum atomic E-state index is -0.0363. The van der Waals surface area contributed by atoms with Crippen molar-refractivity contribution in [3.63, 3.8) is 0 Å². The highest BCUT2D eigenvalue weighted by molar-refractivity contribution is 5.69. The zero-order valence-electron chi connectivity index (χ0n) is 13.8. The number of hydrogen-bond donors (Lipinski definition) is 0. The average Bonchev–Trinajstić information content (AvgIpc) is 2.44. The van der Waals surface area contributed by atoms with E-state index in [4.69, 9.17) is 4.74 Å². The highest BCUT2D eigenvalue weighted by Crippen LogP contribution is 2.08. The summed E-state index contributed by atoms with van der Waals surface area (Å²) in [5.41, 5.74) is 0. The monoisotopic (exact) mass is 282 g/mol. The lowest BCUT2D eigenvalue weighted by molar-refractivity contribution is -0.148. The van der Waals surface area contributed by atoms with Gasteiger partial charge >= 0.3 is 5.97 Å². The molecule has 20 heavy (non-hydrogen) atoms. The molecule has 0 aromatic rings. The van der Waals surface area contributed by atoms with E-state index in [1.54, 1.807) is 0 Å². The molecule has 0 heterocycles.